The molecule has 6 atom stereocenters. The number of nitrogens with two attached hydrogens (primary N) is 1. The largest absolute Gasteiger partial charge is 0.447 e. The number of primary amides is 1. The average molecular weight is 635 g/mol. The van der Waals surface area contributed by atoms with Crippen LogP contribution in [0, 0.1) is 34.0 Å². The number of Topliss-reactive ketones (excluding diaryl/α,β-unsaturated/α-hetero) is 1. The van der Waals surface area contributed by atoms with Crippen LogP contribution in [0.15, 0.2) is 0 Å². The zero-order valence-electron chi connectivity index (χ0n) is 28.4. The number of ether oxygens (including phenoxy) is 1. The van der Waals surface area contributed by atoms with E-state index in [1.54, 1.807) is 6.92 Å². The highest BCUT2D eigenvalue weighted by Gasteiger charge is 2.70. The van der Waals surface area contributed by atoms with E-state index in [1.165, 1.54) is 4.90 Å². The molecular formula is C32H54N6O7. The number of piperidine rings is 1. The number of likely N-dealkylation sites (tertiary alicyclic amines) is 1. The summed E-state index contributed by atoms with van der Waals surface area (Å²) in [5.74, 6) is -2.69. The third-order valence-corrected chi connectivity index (χ3v) is 9.87. The van der Waals surface area contributed by atoms with Crippen molar-refractivity contribution >= 4 is 35.6 Å². The Balaban J connectivity index is 1.79. The minimum atomic E-state index is -1.10. The molecule has 1 saturated heterocycles. The molecule has 1 heterocycles. The number of ketones is 1. The van der Waals surface area contributed by atoms with Crippen molar-refractivity contribution in [1.82, 2.24) is 26.2 Å². The van der Waals surface area contributed by atoms with Crippen LogP contribution in [0.3, 0.4) is 0 Å². The highest BCUT2D eigenvalue weighted by Crippen LogP contribution is 2.65. The lowest BCUT2D eigenvalue weighted by Crippen LogP contribution is -2.62. The molecule has 254 valence electrons. The number of fused-ring (bicyclic) bond motifs is 1. The quantitative estimate of drug-likeness (QED) is 0.203. The van der Waals surface area contributed by atoms with Gasteiger partial charge in [-0.2, -0.15) is 0 Å². The van der Waals surface area contributed by atoms with Crippen molar-refractivity contribution < 1.29 is 33.5 Å². The lowest BCUT2D eigenvalue weighted by atomic mass is 9.80. The zero-order valence-corrected chi connectivity index (χ0v) is 28.4. The maximum Gasteiger partial charge on any atom is 0.407 e. The first-order chi connectivity index (χ1) is 20.7. The minimum absolute atomic E-state index is 0.0697. The summed E-state index contributed by atoms with van der Waals surface area (Å²) in [6.07, 6.45) is 2.60. The summed E-state index contributed by atoms with van der Waals surface area (Å²) in [7, 11) is 0. The SMILES string of the molecule is CCNC(=O)OC[C@@H](NC(=O)N[C@H](C(=O)N1CC2C([C@H]1C(=O)NC(CC1CCC1)C(=O)C(N)=O)C2(C)C)C(C)(C)C)C(C)(C)C. The lowest BCUT2D eigenvalue weighted by Gasteiger charge is -2.38. The van der Waals surface area contributed by atoms with Gasteiger partial charge in [0.15, 0.2) is 0 Å². The van der Waals surface area contributed by atoms with Crippen LogP contribution in [0.1, 0.15) is 88.0 Å². The first-order valence-electron chi connectivity index (χ1n) is 16.1. The van der Waals surface area contributed by atoms with Crippen LogP contribution < -0.4 is 27.0 Å². The molecule has 45 heavy (non-hydrogen) atoms. The van der Waals surface area contributed by atoms with Crippen molar-refractivity contribution in [1.29, 1.82) is 0 Å². The van der Waals surface area contributed by atoms with Crippen LogP contribution in [0.5, 0.6) is 0 Å². The molecule has 3 aliphatic rings. The minimum Gasteiger partial charge on any atom is -0.447 e. The Kier molecular flexibility index (Phi) is 10.9. The van der Waals surface area contributed by atoms with Gasteiger partial charge in [0, 0.05) is 13.1 Å². The number of urea groups is 1. The van der Waals surface area contributed by atoms with E-state index in [4.69, 9.17) is 10.5 Å². The molecular weight excluding hydrogens is 580 g/mol. The van der Waals surface area contributed by atoms with E-state index in [-0.39, 0.29) is 29.8 Å². The lowest BCUT2D eigenvalue weighted by molar-refractivity contribution is -0.145. The van der Waals surface area contributed by atoms with Gasteiger partial charge in [0.05, 0.1) is 12.1 Å². The predicted molar refractivity (Wildman–Crippen MR) is 168 cm³/mol. The van der Waals surface area contributed by atoms with Crippen molar-refractivity contribution in [2.24, 2.45) is 39.7 Å². The molecule has 2 saturated carbocycles. The first-order valence-corrected chi connectivity index (χ1v) is 16.1. The molecule has 2 aliphatic carbocycles. The Bertz CT molecular complexity index is 1170. The van der Waals surface area contributed by atoms with E-state index >= 15 is 0 Å². The van der Waals surface area contributed by atoms with Crippen molar-refractivity contribution in [3.05, 3.63) is 0 Å². The normalized spacial score (nSPS) is 24.2. The summed E-state index contributed by atoms with van der Waals surface area (Å²) in [6.45, 7) is 17.7. The summed E-state index contributed by atoms with van der Waals surface area (Å²) in [5.41, 5.74) is 3.91. The molecule has 0 bridgehead atoms. The van der Waals surface area contributed by atoms with Crippen LogP contribution in [0.4, 0.5) is 9.59 Å². The van der Waals surface area contributed by atoms with Crippen LogP contribution in [-0.4, -0.2) is 84.4 Å². The number of hydrogen-bond acceptors (Lipinski definition) is 7. The molecule has 3 fully saturated rings. The summed E-state index contributed by atoms with van der Waals surface area (Å²) in [5, 5.41) is 11.0. The van der Waals surface area contributed by atoms with Gasteiger partial charge in [-0.1, -0.05) is 74.7 Å². The van der Waals surface area contributed by atoms with Crippen molar-refractivity contribution in [3.63, 3.8) is 0 Å². The van der Waals surface area contributed by atoms with Crippen LogP contribution in [-0.2, 0) is 23.9 Å². The topological polar surface area (TPSA) is 189 Å². The molecule has 3 rings (SSSR count). The van der Waals surface area contributed by atoms with Gasteiger partial charge in [-0.3, -0.25) is 19.2 Å². The number of nitrogens with zero attached hydrogens (tertiary/aromatic N) is 1. The molecule has 13 nitrogen and oxygen atoms in total. The number of hydrogen-bond donors (Lipinski definition) is 5. The number of carbonyl (C=O) groups is 6. The van der Waals surface area contributed by atoms with E-state index in [9.17, 15) is 28.8 Å². The second-order valence-electron chi connectivity index (χ2n) is 15.7. The second kappa shape index (κ2) is 13.5. The monoisotopic (exact) mass is 634 g/mol. The van der Waals surface area contributed by atoms with Gasteiger partial charge in [0.25, 0.3) is 5.91 Å². The van der Waals surface area contributed by atoms with E-state index < -0.39 is 70.6 Å². The van der Waals surface area contributed by atoms with Gasteiger partial charge in [-0.15, -0.1) is 0 Å². The van der Waals surface area contributed by atoms with Gasteiger partial charge >= 0.3 is 12.1 Å². The molecule has 0 spiro atoms. The van der Waals surface area contributed by atoms with Crippen LogP contribution >= 0.6 is 0 Å². The summed E-state index contributed by atoms with van der Waals surface area (Å²) in [6, 6.07) is -4.09. The van der Waals surface area contributed by atoms with E-state index in [0.29, 0.717) is 19.5 Å². The fourth-order valence-electron chi connectivity index (χ4n) is 6.54. The Morgan fingerprint density at radius 3 is 2.07 bits per heavy atom. The summed E-state index contributed by atoms with van der Waals surface area (Å²) < 4.78 is 5.28. The Morgan fingerprint density at radius 1 is 0.956 bits per heavy atom. The zero-order chi connectivity index (χ0) is 34.1. The van der Waals surface area contributed by atoms with Crippen molar-refractivity contribution in [2.75, 3.05) is 19.7 Å². The second-order valence-corrected chi connectivity index (χ2v) is 15.7. The van der Waals surface area contributed by atoms with E-state index in [2.05, 4.69) is 21.3 Å². The number of rotatable bonds is 12. The Morgan fingerprint density at radius 2 is 1.58 bits per heavy atom. The Hall–Kier alpha value is -3.38. The van der Waals surface area contributed by atoms with Crippen molar-refractivity contribution in [3.8, 4) is 0 Å². The molecule has 6 amide bonds. The highest BCUT2D eigenvalue weighted by atomic mass is 16.5. The van der Waals surface area contributed by atoms with Gasteiger partial charge in [-0.05, 0) is 47.3 Å². The molecule has 1 aliphatic heterocycles. The molecule has 0 radical (unpaired) electrons. The molecule has 0 aromatic heterocycles. The standard InChI is InChI=1S/C32H54N6O7/c1-10-34-29(44)45-16-20(30(2,3)4)36-28(43)37-24(31(5,6)7)27(42)38-15-18-21(32(18,8)9)22(38)26(41)35-19(23(39)25(33)40)14-17-12-11-13-17/h17-22,24H,10-16H2,1-9H3,(H2,33,40)(H,34,44)(H,35,41)(H2,36,37,43)/t18?,19?,20-,21?,22+,24-/m1/s1. The predicted octanol–water partition coefficient (Wildman–Crippen LogP) is 2.07. The maximum atomic E-state index is 14.2. The van der Waals surface area contributed by atoms with Gasteiger partial charge in [0.1, 0.15) is 18.7 Å². The van der Waals surface area contributed by atoms with Crippen molar-refractivity contribution in [2.45, 2.75) is 112 Å². The molecule has 6 N–H and O–H groups in total. The third-order valence-electron chi connectivity index (χ3n) is 9.87. The Labute approximate surface area is 266 Å². The van der Waals surface area contributed by atoms with Gasteiger partial charge in [-0.25, -0.2) is 9.59 Å². The summed E-state index contributed by atoms with van der Waals surface area (Å²) >= 11 is 0. The molecule has 3 unspecified atom stereocenters. The number of carbonyl (C=O) groups excluding carboxylic acids is 6. The molecule has 0 aromatic rings. The third kappa shape index (κ3) is 8.46. The number of nitrogens with one attached hydrogen (secondary N) is 4. The fraction of sp³-hybridized carbons (Fsp3) is 0.812. The van der Waals surface area contributed by atoms with Gasteiger partial charge in [0.2, 0.25) is 17.6 Å². The molecule has 0 aromatic carbocycles. The number of alkyl carbamates (subject to hydrolysis) is 1. The number of amides is 6. The fourth-order valence-corrected chi connectivity index (χ4v) is 6.54. The van der Waals surface area contributed by atoms with Crippen LogP contribution in [0.25, 0.3) is 0 Å². The van der Waals surface area contributed by atoms with E-state index in [1.807, 2.05) is 55.4 Å². The average Bonchev–Trinajstić information content (AvgIpc) is 3.20. The van der Waals surface area contributed by atoms with Gasteiger partial charge < -0.3 is 36.6 Å². The smallest absolute Gasteiger partial charge is 0.407 e. The molecule has 13 heteroatoms. The van der Waals surface area contributed by atoms with E-state index in [0.717, 1.165) is 19.3 Å². The van der Waals surface area contributed by atoms with Crippen LogP contribution in [0.2, 0.25) is 0 Å². The summed E-state index contributed by atoms with van der Waals surface area (Å²) in [4.78, 5) is 79.4. The highest BCUT2D eigenvalue weighted by molar-refractivity contribution is 6.37. The maximum absolute atomic E-state index is 14.2. The first kappa shape index (κ1) is 36.1.